The van der Waals surface area contributed by atoms with Crippen LogP contribution in [0.5, 0.6) is 0 Å². The number of carbonyl (C=O) groups excluding carboxylic acids is 1. The van der Waals surface area contributed by atoms with Gasteiger partial charge in [0.2, 0.25) is 5.91 Å². The van der Waals surface area contributed by atoms with Crippen molar-refractivity contribution in [3.05, 3.63) is 48.3 Å². The zero-order chi connectivity index (χ0) is 15.6. The number of nitrogens with zero attached hydrogens (tertiary/aromatic N) is 3. The fourth-order valence-electron chi connectivity index (χ4n) is 3.84. The van der Waals surface area contributed by atoms with Crippen LogP contribution in [-0.2, 0) is 11.2 Å². The third kappa shape index (κ3) is 2.88. The Morgan fingerprint density at radius 2 is 2.00 bits per heavy atom. The fraction of sp³-hybridized carbons (Fsp3) is 0.444. The molecule has 0 radical (unpaired) electrons. The van der Waals surface area contributed by atoms with Crippen molar-refractivity contribution in [3.63, 3.8) is 0 Å². The van der Waals surface area contributed by atoms with Crippen LogP contribution in [0.1, 0.15) is 24.8 Å². The maximum atomic E-state index is 12.8. The third-order valence-corrected chi connectivity index (χ3v) is 5.00. The Bertz CT molecular complexity index is 651. The molecule has 2 aliphatic rings. The summed E-state index contributed by atoms with van der Waals surface area (Å²) in [6.07, 6.45) is 7.56. The number of hydrogen-bond donors (Lipinski definition) is 1. The minimum atomic E-state index is 0.271. The van der Waals surface area contributed by atoms with Gasteiger partial charge in [0.05, 0.1) is 12.1 Å². The molecule has 1 aromatic heterocycles. The summed E-state index contributed by atoms with van der Waals surface area (Å²) in [5, 5.41) is 7.67. The van der Waals surface area contributed by atoms with E-state index in [4.69, 9.17) is 0 Å². The van der Waals surface area contributed by atoms with Gasteiger partial charge in [-0.05, 0) is 49.6 Å². The molecule has 23 heavy (non-hydrogen) atoms. The molecular formula is C18H22N4O. The smallest absolute Gasteiger partial charge is 0.227 e. The highest BCUT2D eigenvalue weighted by Crippen LogP contribution is 2.28. The van der Waals surface area contributed by atoms with E-state index in [1.165, 1.54) is 0 Å². The maximum absolute atomic E-state index is 12.8. The molecule has 5 heteroatoms. The highest BCUT2D eigenvalue weighted by atomic mass is 16.2. The number of amides is 1. The van der Waals surface area contributed by atoms with E-state index < -0.39 is 0 Å². The van der Waals surface area contributed by atoms with Gasteiger partial charge in [0, 0.05) is 31.0 Å². The van der Waals surface area contributed by atoms with Crippen LogP contribution in [0.25, 0.3) is 5.69 Å². The number of carbonyl (C=O) groups is 1. The van der Waals surface area contributed by atoms with Gasteiger partial charge >= 0.3 is 0 Å². The first-order chi connectivity index (χ1) is 11.3. The number of aromatic nitrogens is 2. The molecule has 2 bridgehead atoms. The minimum Gasteiger partial charge on any atom is -0.335 e. The summed E-state index contributed by atoms with van der Waals surface area (Å²) in [7, 11) is 0. The first kappa shape index (κ1) is 14.5. The average Bonchev–Trinajstić information content (AvgIpc) is 3.15. The van der Waals surface area contributed by atoms with Crippen LogP contribution in [0.3, 0.4) is 0 Å². The molecule has 1 N–H and O–H groups in total. The van der Waals surface area contributed by atoms with E-state index in [0.717, 1.165) is 43.6 Å². The standard InChI is InChI=1S/C18H22N4O/c23-18(22-16-6-7-17(22)13-19-10-8-16)12-14-2-4-15(5-3-14)21-11-1-9-20-21/h1-5,9,11,16-17,19H,6-8,10,12-13H2. The molecule has 2 unspecified atom stereocenters. The minimum absolute atomic E-state index is 0.271. The molecule has 0 saturated carbocycles. The summed E-state index contributed by atoms with van der Waals surface area (Å²) in [6.45, 7) is 1.98. The SMILES string of the molecule is O=C(Cc1ccc(-n2cccn2)cc1)N1C2CCNCC1CC2. The molecule has 1 amide bonds. The van der Waals surface area contributed by atoms with Crippen molar-refractivity contribution in [2.75, 3.05) is 13.1 Å². The van der Waals surface area contributed by atoms with Gasteiger partial charge in [-0.3, -0.25) is 4.79 Å². The predicted molar refractivity (Wildman–Crippen MR) is 88.4 cm³/mol. The molecular weight excluding hydrogens is 288 g/mol. The largest absolute Gasteiger partial charge is 0.335 e. The first-order valence-corrected chi connectivity index (χ1v) is 8.42. The lowest BCUT2D eigenvalue weighted by atomic mass is 10.1. The van der Waals surface area contributed by atoms with Gasteiger partial charge in [-0.2, -0.15) is 5.10 Å². The molecule has 2 aliphatic heterocycles. The molecule has 120 valence electrons. The van der Waals surface area contributed by atoms with Crippen molar-refractivity contribution in [1.82, 2.24) is 20.0 Å². The van der Waals surface area contributed by atoms with Crippen molar-refractivity contribution in [2.24, 2.45) is 0 Å². The quantitative estimate of drug-likeness (QED) is 0.940. The van der Waals surface area contributed by atoms with Crippen molar-refractivity contribution in [2.45, 2.75) is 37.8 Å². The summed E-state index contributed by atoms with van der Waals surface area (Å²) in [5.74, 6) is 0.271. The summed E-state index contributed by atoms with van der Waals surface area (Å²) in [6, 6.07) is 10.8. The lowest BCUT2D eigenvalue weighted by molar-refractivity contribution is -0.133. The molecule has 1 aromatic carbocycles. The Morgan fingerprint density at radius 1 is 1.17 bits per heavy atom. The first-order valence-electron chi connectivity index (χ1n) is 8.42. The monoisotopic (exact) mass is 310 g/mol. The Hall–Kier alpha value is -2.14. The van der Waals surface area contributed by atoms with Gasteiger partial charge < -0.3 is 10.2 Å². The van der Waals surface area contributed by atoms with Gasteiger partial charge in [-0.1, -0.05) is 12.1 Å². The van der Waals surface area contributed by atoms with Crippen molar-refractivity contribution >= 4 is 5.91 Å². The Labute approximate surface area is 136 Å². The van der Waals surface area contributed by atoms with Gasteiger partial charge in [-0.25, -0.2) is 4.68 Å². The summed E-state index contributed by atoms with van der Waals surface area (Å²) in [4.78, 5) is 14.9. The van der Waals surface area contributed by atoms with E-state index in [1.807, 2.05) is 41.2 Å². The number of rotatable bonds is 3. The molecule has 2 atom stereocenters. The lowest BCUT2D eigenvalue weighted by Crippen LogP contribution is -2.43. The van der Waals surface area contributed by atoms with Crippen LogP contribution in [0, 0.1) is 0 Å². The van der Waals surface area contributed by atoms with E-state index in [-0.39, 0.29) is 5.91 Å². The number of fused-ring (bicyclic) bond motifs is 2. The van der Waals surface area contributed by atoms with Crippen molar-refractivity contribution in [1.29, 1.82) is 0 Å². The second-order valence-corrected chi connectivity index (χ2v) is 6.47. The number of benzene rings is 1. The summed E-state index contributed by atoms with van der Waals surface area (Å²) < 4.78 is 1.83. The summed E-state index contributed by atoms with van der Waals surface area (Å²) in [5.41, 5.74) is 2.09. The van der Waals surface area contributed by atoms with Crippen LogP contribution >= 0.6 is 0 Å². The highest BCUT2D eigenvalue weighted by molar-refractivity contribution is 5.80. The van der Waals surface area contributed by atoms with E-state index in [9.17, 15) is 4.79 Å². The molecule has 2 aromatic rings. The topological polar surface area (TPSA) is 50.2 Å². The number of nitrogens with one attached hydrogen (secondary N) is 1. The zero-order valence-corrected chi connectivity index (χ0v) is 13.2. The van der Waals surface area contributed by atoms with Crippen LogP contribution in [0.4, 0.5) is 0 Å². The highest BCUT2D eigenvalue weighted by Gasteiger charge is 2.37. The van der Waals surface area contributed by atoms with Gasteiger partial charge in [0.25, 0.3) is 0 Å². The van der Waals surface area contributed by atoms with Crippen molar-refractivity contribution in [3.8, 4) is 5.69 Å². The van der Waals surface area contributed by atoms with E-state index in [0.29, 0.717) is 18.5 Å². The molecule has 4 rings (SSSR count). The van der Waals surface area contributed by atoms with Gasteiger partial charge in [0.15, 0.2) is 0 Å². The molecule has 2 fully saturated rings. The van der Waals surface area contributed by atoms with Crippen LogP contribution in [0.15, 0.2) is 42.7 Å². The normalized spacial score (nSPS) is 23.7. The molecule has 5 nitrogen and oxygen atoms in total. The van der Waals surface area contributed by atoms with Crippen LogP contribution in [0.2, 0.25) is 0 Å². The van der Waals surface area contributed by atoms with E-state index >= 15 is 0 Å². The fourth-order valence-corrected chi connectivity index (χ4v) is 3.84. The maximum Gasteiger partial charge on any atom is 0.227 e. The Kier molecular flexibility index (Phi) is 3.87. The third-order valence-electron chi connectivity index (χ3n) is 5.00. The Balaban J connectivity index is 1.46. The molecule has 0 spiro atoms. The van der Waals surface area contributed by atoms with Gasteiger partial charge in [0.1, 0.15) is 0 Å². The van der Waals surface area contributed by atoms with Crippen LogP contribution in [-0.4, -0.2) is 45.8 Å². The molecule has 0 aliphatic carbocycles. The van der Waals surface area contributed by atoms with E-state index in [1.54, 1.807) is 6.20 Å². The average molecular weight is 310 g/mol. The molecule has 2 saturated heterocycles. The number of hydrogen-bond acceptors (Lipinski definition) is 3. The van der Waals surface area contributed by atoms with Crippen LogP contribution < -0.4 is 5.32 Å². The zero-order valence-electron chi connectivity index (χ0n) is 13.2. The second-order valence-electron chi connectivity index (χ2n) is 6.47. The second kappa shape index (κ2) is 6.16. The Morgan fingerprint density at radius 3 is 2.78 bits per heavy atom. The van der Waals surface area contributed by atoms with Crippen molar-refractivity contribution < 1.29 is 4.79 Å². The predicted octanol–water partition coefficient (Wildman–Crippen LogP) is 1.77. The lowest BCUT2D eigenvalue weighted by Gasteiger charge is -2.28. The summed E-state index contributed by atoms with van der Waals surface area (Å²) >= 11 is 0. The molecule has 3 heterocycles. The van der Waals surface area contributed by atoms with Gasteiger partial charge in [-0.15, -0.1) is 0 Å². The van der Waals surface area contributed by atoms with E-state index in [2.05, 4.69) is 15.3 Å².